The molecule has 6 heteroatoms. The number of benzene rings is 3. The minimum Gasteiger partial charge on any atom is -0.275 e. The van der Waals surface area contributed by atoms with E-state index in [9.17, 15) is 18.0 Å². The number of carbonyl (C=O) groups is 1. The quantitative estimate of drug-likeness (QED) is 0.362. The number of rotatable bonds is 5. The summed E-state index contributed by atoms with van der Waals surface area (Å²) in [6.07, 6.45) is 3.12. The summed E-state index contributed by atoms with van der Waals surface area (Å²) in [5.41, 5.74) is 2.88. The van der Waals surface area contributed by atoms with Crippen LogP contribution in [0.1, 0.15) is 23.6 Å². The van der Waals surface area contributed by atoms with E-state index in [1.807, 2.05) is 55.5 Å². The Hall–Kier alpha value is -4.19. The third-order valence-corrected chi connectivity index (χ3v) is 5.32. The van der Waals surface area contributed by atoms with Gasteiger partial charge in [0.25, 0.3) is 5.91 Å². The number of nitrogens with zero attached hydrogens (tertiary/aromatic N) is 2. The summed E-state index contributed by atoms with van der Waals surface area (Å²) in [4.78, 5) is 19.2. The van der Waals surface area contributed by atoms with Gasteiger partial charge in [-0.1, -0.05) is 67.3 Å². The van der Waals surface area contributed by atoms with Gasteiger partial charge < -0.3 is 0 Å². The first kappa shape index (κ1) is 23.0. The molecule has 3 nitrogen and oxygen atoms in total. The van der Waals surface area contributed by atoms with Crippen LogP contribution < -0.4 is 4.90 Å². The van der Waals surface area contributed by atoms with Gasteiger partial charge in [-0.2, -0.15) is 13.2 Å². The number of allylic oxidation sites excluding steroid dienone is 5. The summed E-state index contributed by atoms with van der Waals surface area (Å²) < 4.78 is 39.4. The summed E-state index contributed by atoms with van der Waals surface area (Å²) >= 11 is 0. The third-order valence-electron chi connectivity index (χ3n) is 5.32. The predicted octanol–water partition coefficient (Wildman–Crippen LogP) is 7.65. The minimum atomic E-state index is -4.49. The van der Waals surface area contributed by atoms with Gasteiger partial charge in [-0.05, 0) is 54.5 Å². The lowest BCUT2D eigenvalue weighted by atomic mass is 10.1. The molecule has 34 heavy (non-hydrogen) atoms. The van der Waals surface area contributed by atoms with E-state index in [4.69, 9.17) is 0 Å². The SMILES string of the molecule is C=C(/C=C\C=C/C)c1ccc(N2C(=O)C(=Nc3cccc(C(F)(F)F)c3)c3ccccc32)cc1. The summed E-state index contributed by atoms with van der Waals surface area (Å²) in [5, 5.41) is 0. The summed E-state index contributed by atoms with van der Waals surface area (Å²) in [5.74, 6) is -0.404. The number of amides is 1. The average Bonchev–Trinajstić information content (AvgIpc) is 3.10. The molecule has 0 atom stereocenters. The van der Waals surface area contributed by atoms with E-state index in [0.29, 0.717) is 16.9 Å². The van der Waals surface area contributed by atoms with E-state index in [0.717, 1.165) is 23.3 Å². The molecule has 0 fully saturated rings. The van der Waals surface area contributed by atoms with Crippen molar-refractivity contribution in [2.24, 2.45) is 4.99 Å². The second-order valence-electron chi connectivity index (χ2n) is 7.62. The fourth-order valence-electron chi connectivity index (χ4n) is 3.65. The molecular formula is C28H21F3N2O. The Balaban J connectivity index is 1.70. The largest absolute Gasteiger partial charge is 0.416 e. The van der Waals surface area contributed by atoms with Crippen molar-refractivity contribution in [1.82, 2.24) is 0 Å². The zero-order valence-electron chi connectivity index (χ0n) is 18.4. The Morgan fingerprint density at radius 2 is 1.71 bits per heavy atom. The number of fused-ring (bicyclic) bond motifs is 1. The van der Waals surface area contributed by atoms with Crippen molar-refractivity contribution < 1.29 is 18.0 Å². The van der Waals surface area contributed by atoms with Crippen LogP contribution in [0.4, 0.5) is 30.2 Å². The van der Waals surface area contributed by atoms with Gasteiger partial charge in [0.2, 0.25) is 0 Å². The number of alkyl halides is 3. The first-order chi connectivity index (χ1) is 16.3. The third kappa shape index (κ3) is 4.62. The van der Waals surface area contributed by atoms with Crippen LogP contribution in [0.3, 0.4) is 0 Å². The van der Waals surface area contributed by atoms with Gasteiger partial charge in [0.1, 0.15) is 5.71 Å². The number of hydrogen-bond donors (Lipinski definition) is 0. The summed E-state index contributed by atoms with van der Waals surface area (Å²) in [6, 6.07) is 19.1. The summed E-state index contributed by atoms with van der Waals surface area (Å²) in [6.45, 7) is 5.99. The molecule has 0 unspecified atom stereocenters. The lowest BCUT2D eigenvalue weighted by Gasteiger charge is -2.17. The highest BCUT2D eigenvalue weighted by Gasteiger charge is 2.35. The maximum atomic E-state index is 13.4. The molecule has 1 aliphatic heterocycles. The maximum Gasteiger partial charge on any atom is 0.416 e. The van der Waals surface area contributed by atoms with Gasteiger partial charge in [0, 0.05) is 11.3 Å². The molecule has 0 spiro atoms. The zero-order valence-corrected chi connectivity index (χ0v) is 18.4. The molecule has 0 radical (unpaired) electrons. The molecule has 3 aromatic carbocycles. The van der Waals surface area contributed by atoms with Crippen LogP contribution in [0, 0.1) is 0 Å². The molecule has 1 amide bonds. The Kier molecular flexibility index (Phi) is 6.32. The van der Waals surface area contributed by atoms with Crippen molar-refractivity contribution >= 4 is 34.3 Å². The number of anilines is 2. The van der Waals surface area contributed by atoms with Gasteiger partial charge in [-0.25, -0.2) is 4.99 Å². The number of para-hydroxylation sites is 1. The van der Waals surface area contributed by atoms with Crippen molar-refractivity contribution in [2.75, 3.05) is 4.90 Å². The van der Waals surface area contributed by atoms with Crippen molar-refractivity contribution in [3.05, 3.63) is 120 Å². The van der Waals surface area contributed by atoms with Crippen molar-refractivity contribution in [2.45, 2.75) is 13.1 Å². The number of halogens is 3. The minimum absolute atomic E-state index is 0.0643. The van der Waals surface area contributed by atoms with Crippen LogP contribution >= 0.6 is 0 Å². The van der Waals surface area contributed by atoms with E-state index in [2.05, 4.69) is 11.6 Å². The molecule has 3 aromatic rings. The van der Waals surface area contributed by atoms with E-state index in [1.165, 1.54) is 17.0 Å². The Labute approximate surface area is 195 Å². The molecule has 0 N–H and O–H groups in total. The second kappa shape index (κ2) is 9.35. The van der Waals surface area contributed by atoms with Gasteiger partial charge in [-0.15, -0.1) is 0 Å². The maximum absolute atomic E-state index is 13.4. The number of hydrogen-bond acceptors (Lipinski definition) is 2. The lowest BCUT2D eigenvalue weighted by molar-refractivity contribution is -0.137. The number of aliphatic imine (C=N–C) groups is 1. The van der Waals surface area contributed by atoms with Crippen LogP contribution in [0.2, 0.25) is 0 Å². The van der Waals surface area contributed by atoms with Crippen molar-refractivity contribution in [1.29, 1.82) is 0 Å². The molecule has 1 aliphatic rings. The van der Waals surface area contributed by atoms with E-state index in [1.54, 1.807) is 24.3 Å². The first-order valence-corrected chi connectivity index (χ1v) is 10.6. The average molecular weight is 458 g/mol. The Morgan fingerprint density at radius 1 is 0.971 bits per heavy atom. The molecule has 0 aliphatic carbocycles. The van der Waals surface area contributed by atoms with Crippen LogP contribution in [0.5, 0.6) is 0 Å². The topological polar surface area (TPSA) is 32.7 Å². The lowest BCUT2D eigenvalue weighted by Crippen LogP contribution is -2.25. The smallest absolute Gasteiger partial charge is 0.275 e. The van der Waals surface area contributed by atoms with E-state index in [-0.39, 0.29) is 11.4 Å². The fourth-order valence-corrected chi connectivity index (χ4v) is 3.65. The highest BCUT2D eigenvalue weighted by atomic mass is 19.4. The van der Waals surface area contributed by atoms with Crippen LogP contribution in [-0.2, 0) is 11.0 Å². The fraction of sp³-hybridized carbons (Fsp3) is 0.0714. The molecule has 0 aromatic heterocycles. The monoisotopic (exact) mass is 458 g/mol. The summed E-state index contributed by atoms with van der Waals surface area (Å²) in [7, 11) is 0. The van der Waals surface area contributed by atoms with Crippen molar-refractivity contribution in [3.63, 3.8) is 0 Å². The molecule has 4 rings (SSSR count). The van der Waals surface area contributed by atoms with Gasteiger partial charge in [-0.3, -0.25) is 9.69 Å². The van der Waals surface area contributed by atoms with E-state index >= 15 is 0 Å². The molecular weight excluding hydrogens is 437 g/mol. The molecule has 0 saturated carbocycles. The first-order valence-electron chi connectivity index (χ1n) is 10.6. The zero-order chi connectivity index (χ0) is 24.3. The molecule has 170 valence electrons. The standard InChI is InChI=1S/C28H21F3N2O/c1-3-4-5-9-19(2)20-14-16-23(17-15-20)33-25-13-7-6-12-24(25)26(27(33)34)32-22-11-8-10-21(18-22)28(29,30)31/h3-18H,2H2,1H3/b4-3-,9-5-,32-26?. The normalized spacial score (nSPS) is 15.0. The molecule has 0 bridgehead atoms. The van der Waals surface area contributed by atoms with Crippen LogP contribution in [0.25, 0.3) is 5.57 Å². The Bertz CT molecular complexity index is 1330. The molecule has 0 saturated heterocycles. The predicted molar refractivity (Wildman–Crippen MR) is 131 cm³/mol. The van der Waals surface area contributed by atoms with Gasteiger partial charge in [0.05, 0.1) is 16.9 Å². The second-order valence-corrected chi connectivity index (χ2v) is 7.62. The van der Waals surface area contributed by atoms with Gasteiger partial charge >= 0.3 is 6.18 Å². The Morgan fingerprint density at radius 3 is 2.41 bits per heavy atom. The van der Waals surface area contributed by atoms with Crippen LogP contribution in [0.15, 0.2) is 109 Å². The van der Waals surface area contributed by atoms with E-state index < -0.39 is 17.6 Å². The van der Waals surface area contributed by atoms with Crippen molar-refractivity contribution in [3.8, 4) is 0 Å². The molecule has 1 heterocycles. The highest BCUT2D eigenvalue weighted by Crippen LogP contribution is 2.38. The number of carbonyl (C=O) groups excluding carboxylic acids is 1. The van der Waals surface area contributed by atoms with Crippen LogP contribution in [-0.4, -0.2) is 11.6 Å². The van der Waals surface area contributed by atoms with Gasteiger partial charge in [0.15, 0.2) is 0 Å². The highest BCUT2D eigenvalue weighted by molar-refractivity contribution is 6.56.